The maximum Gasteiger partial charge on any atom is 0.137 e. The summed E-state index contributed by atoms with van der Waals surface area (Å²) in [6.07, 6.45) is 7.68. The second-order valence-corrected chi connectivity index (χ2v) is 6.64. The molecule has 1 saturated heterocycles. The second-order valence-electron chi connectivity index (χ2n) is 6.64. The number of benzene rings is 1. The van der Waals surface area contributed by atoms with Gasteiger partial charge >= 0.3 is 0 Å². The van der Waals surface area contributed by atoms with Crippen LogP contribution in [0.2, 0.25) is 0 Å². The highest BCUT2D eigenvalue weighted by atomic mass is 16.5. The molecule has 0 saturated carbocycles. The fraction of sp³-hybridized carbons (Fsp3) is 0.273. The Morgan fingerprint density at radius 2 is 1.89 bits per heavy atom. The van der Waals surface area contributed by atoms with Crippen LogP contribution in [0.1, 0.15) is 29.8 Å². The highest BCUT2D eigenvalue weighted by molar-refractivity contribution is 5.64. The van der Waals surface area contributed by atoms with E-state index in [9.17, 15) is 5.26 Å². The van der Waals surface area contributed by atoms with Gasteiger partial charge in [0.1, 0.15) is 23.7 Å². The van der Waals surface area contributed by atoms with Crippen LogP contribution in [0.3, 0.4) is 0 Å². The lowest BCUT2D eigenvalue weighted by Gasteiger charge is -2.23. The van der Waals surface area contributed by atoms with Crippen LogP contribution in [0, 0.1) is 11.3 Å². The Labute approximate surface area is 163 Å². The van der Waals surface area contributed by atoms with E-state index in [1.807, 2.05) is 36.4 Å². The predicted molar refractivity (Wildman–Crippen MR) is 104 cm³/mol. The van der Waals surface area contributed by atoms with Crippen molar-refractivity contribution in [3.8, 4) is 23.1 Å². The van der Waals surface area contributed by atoms with Crippen LogP contribution in [0.5, 0.6) is 5.75 Å². The molecule has 6 heteroatoms. The molecule has 1 aromatic carbocycles. The molecule has 0 atom stereocenters. The molecule has 1 fully saturated rings. The molecule has 3 aromatic rings. The van der Waals surface area contributed by atoms with Gasteiger partial charge in [0, 0.05) is 43.4 Å². The lowest BCUT2D eigenvalue weighted by Crippen LogP contribution is -2.26. The zero-order valence-corrected chi connectivity index (χ0v) is 15.4. The van der Waals surface area contributed by atoms with E-state index in [0.717, 1.165) is 35.5 Å². The Morgan fingerprint density at radius 3 is 2.68 bits per heavy atom. The van der Waals surface area contributed by atoms with Gasteiger partial charge in [0.25, 0.3) is 0 Å². The SMILES string of the molecule is N#Cc1cc(-c2ccnc(Cc3ccncc3)n2)ccc1OC1CCOCC1. The predicted octanol–water partition coefficient (Wildman–Crippen LogP) is 3.56. The normalized spacial score (nSPS) is 14.4. The van der Waals surface area contributed by atoms with Gasteiger partial charge < -0.3 is 9.47 Å². The molecule has 2 aromatic heterocycles. The molecular formula is C22H20N4O2. The summed E-state index contributed by atoms with van der Waals surface area (Å²) in [4.78, 5) is 13.1. The number of ether oxygens (including phenoxy) is 2. The van der Waals surface area contributed by atoms with Crippen molar-refractivity contribution in [1.29, 1.82) is 5.26 Å². The van der Waals surface area contributed by atoms with Crippen molar-refractivity contribution in [1.82, 2.24) is 15.0 Å². The van der Waals surface area contributed by atoms with Crippen molar-refractivity contribution in [3.05, 3.63) is 71.9 Å². The van der Waals surface area contributed by atoms with Gasteiger partial charge in [-0.2, -0.15) is 5.26 Å². The zero-order valence-electron chi connectivity index (χ0n) is 15.4. The van der Waals surface area contributed by atoms with E-state index in [4.69, 9.17) is 9.47 Å². The largest absolute Gasteiger partial charge is 0.489 e. The van der Waals surface area contributed by atoms with Crippen molar-refractivity contribution in [3.63, 3.8) is 0 Å². The fourth-order valence-electron chi connectivity index (χ4n) is 3.18. The summed E-state index contributed by atoms with van der Waals surface area (Å²) in [5, 5.41) is 9.58. The third-order valence-corrected chi connectivity index (χ3v) is 4.67. The topological polar surface area (TPSA) is 80.9 Å². The van der Waals surface area contributed by atoms with Gasteiger partial charge in [-0.15, -0.1) is 0 Å². The molecule has 0 amide bonds. The van der Waals surface area contributed by atoms with E-state index in [1.165, 1.54) is 0 Å². The number of rotatable bonds is 5. The molecule has 0 radical (unpaired) electrons. The number of nitriles is 1. The van der Waals surface area contributed by atoms with E-state index in [2.05, 4.69) is 21.0 Å². The van der Waals surface area contributed by atoms with Crippen LogP contribution >= 0.6 is 0 Å². The third-order valence-electron chi connectivity index (χ3n) is 4.67. The van der Waals surface area contributed by atoms with Crippen LogP contribution in [-0.4, -0.2) is 34.3 Å². The molecule has 0 aliphatic carbocycles. The Bertz CT molecular complexity index is 979. The van der Waals surface area contributed by atoms with E-state index >= 15 is 0 Å². The molecular weight excluding hydrogens is 352 g/mol. The standard InChI is InChI=1S/C22H20N4O2/c23-15-18-14-17(1-2-21(18)28-19-6-11-27-12-7-19)20-5-10-25-22(26-20)13-16-3-8-24-9-4-16/h1-5,8-10,14,19H,6-7,11-13H2. The minimum Gasteiger partial charge on any atom is -0.489 e. The van der Waals surface area contributed by atoms with E-state index in [0.29, 0.717) is 30.9 Å². The minimum absolute atomic E-state index is 0.0951. The summed E-state index contributed by atoms with van der Waals surface area (Å²) >= 11 is 0. The van der Waals surface area contributed by atoms with Gasteiger partial charge in [0.2, 0.25) is 0 Å². The Balaban J connectivity index is 1.55. The van der Waals surface area contributed by atoms with Gasteiger partial charge in [0.15, 0.2) is 0 Å². The highest BCUT2D eigenvalue weighted by Crippen LogP contribution is 2.27. The zero-order chi connectivity index (χ0) is 19.2. The molecule has 140 valence electrons. The number of pyridine rings is 1. The van der Waals surface area contributed by atoms with Crippen LogP contribution < -0.4 is 4.74 Å². The average Bonchev–Trinajstić information content (AvgIpc) is 2.76. The molecule has 4 rings (SSSR count). The molecule has 6 nitrogen and oxygen atoms in total. The van der Waals surface area contributed by atoms with Gasteiger partial charge in [0.05, 0.1) is 24.5 Å². The molecule has 1 aliphatic rings. The van der Waals surface area contributed by atoms with Gasteiger partial charge in [-0.3, -0.25) is 4.98 Å². The average molecular weight is 372 g/mol. The lowest BCUT2D eigenvalue weighted by atomic mass is 10.1. The summed E-state index contributed by atoms with van der Waals surface area (Å²) in [6, 6.07) is 13.6. The first-order chi connectivity index (χ1) is 13.8. The van der Waals surface area contributed by atoms with Crippen LogP contribution in [0.4, 0.5) is 0 Å². The van der Waals surface area contributed by atoms with Gasteiger partial charge in [-0.05, 0) is 42.0 Å². The Hall–Kier alpha value is -3.30. The minimum atomic E-state index is 0.0951. The van der Waals surface area contributed by atoms with Crippen LogP contribution in [0.15, 0.2) is 55.0 Å². The smallest absolute Gasteiger partial charge is 0.137 e. The first-order valence-corrected chi connectivity index (χ1v) is 9.31. The molecule has 0 unspecified atom stereocenters. The second kappa shape index (κ2) is 8.59. The summed E-state index contributed by atoms with van der Waals surface area (Å²) in [5.41, 5.74) is 3.27. The van der Waals surface area contributed by atoms with Crippen molar-refractivity contribution in [2.75, 3.05) is 13.2 Å². The Kier molecular flexibility index (Phi) is 5.55. The van der Waals surface area contributed by atoms with Crippen LogP contribution in [-0.2, 0) is 11.2 Å². The maximum atomic E-state index is 9.58. The first kappa shape index (κ1) is 18.1. The van der Waals surface area contributed by atoms with E-state index in [-0.39, 0.29) is 6.10 Å². The highest BCUT2D eigenvalue weighted by Gasteiger charge is 2.17. The van der Waals surface area contributed by atoms with Crippen molar-refractivity contribution >= 4 is 0 Å². The maximum absolute atomic E-state index is 9.58. The van der Waals surface area contributed by atoms with E-state index < -0.39 is 0 Å². The van der Waals surface area contributed by atoms with Crippen molar-refractivity contribution < 1.29 is 9.47 Å². The Morgan fingerprint density at radius 1 is 1.07 bits per heavy atom. The van der Waals surface area contributed by atoms with Crippen LogP contribution in [0.25, 0.3) is 11.3 Å². The quantitative estimate of drug-likeness (QED) is 0.681. The molecule has 0 bridgehead atoms. The fourth-order valence-corrected chi connectivity index (χ4v) is 3.18. The number of aromatic nitrogens is 3. The molecule has 3 heterocycles. The van der Waals surface area contributed by atoms with Gasteiger partial charge in [-0.25, -0.2) is 9.97 Å². The summed E-state index contributed by atoms with van der Waals surface area (Å²) < 4.78 is 11.4. The summed E-state index contributed by atoms with van der Waals surface area (Å²) in [7, 11) is 0. The molecule has 1 aliphatic heterocycles. The summed E-state index contributed by atoms with van der Waals surface area (Å²) in [6.45, 7) is 1.40. The van der Waals surface area contributed by atoms with Crippen molar-refractivity contribution in [2.24, 2.45) is 0 Å². The molecule has 0 N–H and O–H groups in total. The van der Waals surface area contributed by atoms with Gasteiger partial charge in [-0.1, -0.05) is 0 Å². The first-order valence-electron chi connectivity index (χ1n) is 9.31. The summed E-state index contributed by atoms with van der Waals surface area (Å²) in [5.74, 6) is 1.34. The molecule has 0 spiro atoms. The van der Waals surface area contributed by atoms with E-state index in [1.54, 1.807) is 18.6 Å². The van der Waals surface area contributed by atoms with Crippen molar-refractivity contribution in [2.45, 2.75) is 25.4 Å². The third kappa shape index (κ3) is 4.33. The lowest BCUT2D eigenvalue weighted by molar-refractivity contribution is 0.0254. The number of hydrogen-bond donors (Lipinski definition) is 0. The molecule has 28 heavy (non-hydrogen) atoms. The number of nitrogens with zero attached hydrogens (tertiary/aromatic N) is 4. The number of hydrogen-bond acceptors (Lipinski definition) is 6. The monoisotopic (exact) mass is 372 g/mol.